The zero-order valence-electron chi connectivity index (χ0n) is 12.8. The van der Waals surface area contributed by atoms with Gasteiger partial charge >= 0.3 is 0 Å². The first-order valence-electron chi connectivity index (χ1n) is 7.13. The van der Waals surface area contributed by atoms with Gasteiger partial charge in [-0.05, 0) is 35.1 Å². The fourth-order valence-electron chi connectivity index (χ4n) is 2.42. The second-order valence-electron chi connectivity index (χ2n) is 5.23. The van der Waals surface area contributed by atoms with Crippen molar-refractivity contribution in [3.05, 3.63) is 52.7 Å². The molecular formula is C15H17BrN6O. The normalized spacial score (nSPS) is 12.5. The summed E-state index contributed by atoms with van der Waals surface area (Å²) in [7, 11) is 3.57. The Morgan fingerprint density at radius 1 is 1.35 bits per heavy atom. The molecule has 7 nitrogen and oxygen atoms in total. The second-order valence-corrected chi connectivity index (χ2v) is 6.15. The number of hydrogen-bond acceptors (Lipinski definition) is 4. The van der Waals surface area contributed by atoms with Crippen LogP contribution in [0.5, 0.6) is 0 Å². The van der Waals surface area contributed by atoms with Crippen LogP contribution in [0.15, 0.2) is 41.4 Å². The lowest BCUT2D eigenvalue weighted by Gasteiger charge is -2.13. The second kappa shape index (κ2) is 6.51. The van der Waals surface area contributed by atoms with Crippen molar-refractivity contribution in [2.45, 2.75) is 12.6 Å². The Morgan fingerprint density at radius 3 is 2.87 bits per heavy atom. The molecule has 2 N–H and O–H groups in total. The molecular weight excluding hydrogens is 360 g/mol. The van der Waals surface area contributed by atoms with Crippen LogP contribution in [-0.4, -0.2) is 32.1 Å². The van der Waals surface area contributed by atoms with Crippen molar-refractivity contribution in [3.63, 3.8) is 0 Å². The van der Waals surface area contributed by atoms with Gasteiger partial charge in [-0.2, -0.15) is 5.10 Å². The number of halogens is 1. The highest BCUT2D eigenvalue weighted by molar-refractivity contribution is 9.10. The lowest BCUT2D eigenvalue weighted by molar-refractivity contribution is -0.123. The summed E-state index contributed by atoms with van der Waals surface area (Å²) in [4.78, 5) is 16.9. The summed E-state index contributed by atoms with van der Waals surface area (Å²) in [5.74, 6) is -0.112. The number of hydrogen-bond donors (Lipinski definition) is 2. The summed E-state index contributed by atoms with van der Waals surface area (Å²) >= 11 is 3.43. The molecule has 0 aliphatic rings. The molecule has 0 aliphatic heterocycles. The number of pyridine rings is 1. The van der Waals surface area contributed by atoms with Gasteiger partial charge < -0.3 is 15.0 Å². The molecule has 0 radical (unpaired) electrons. The number of carbonyl (C=O) groups excluding carboxylic acids is 1. The van der Waals surface area contributed by atoms with Crippen LogP contribution in [0, 0.1) is 0 Å². The minimum absolute atomic E-state index is 0.112. The monoisotopic (exact) mass is 376 g/mol. The van der Waals surface area contributed by atoms with Crippen molar-refractivity contribution in [2.24, 2.45) is 7.05 Å². The van der Waals surface area contributed by atoms with E-state index in [4.69, 9.17) is 0 Å². The third-order valence-electron chi connectivity index (χ3n) is 3.52. The predicted molar refractivity (Wildman–Crippen MR) is 89.7 cm³/mol. The SMILES string of the molecule is CNC(C(=O)NCc1cn2cc(Br)ccc2n1)c1cnn(C)c1. The molecule has 1 amide bonds. The molecule has 1 unspecified atom stereocenters. The average Bonchev–Trinajstić information content (AvgIpc) is 3.11. The number of nitrogens with zero attached hydrogens (tertiary/aromatic N) is 4. The van der Waals surface area contributed by atoms with E-state index in [2.05, 4.69) is 36.6 Å². The van der Waals surface area contributed by atoms with E-state index in [9.17, 15) is 4.79 Å². The van der Waals surface area contributed by atoms with E-state index in [1.54, 1.807) is 17.9 Å². The van der Waals surface area contributed by atoms with Crippen molar-refractivity contribution in [1.82, 2.24) is 29.8 Å². The van der Waals surface area contributed by atoms with Gasteiger partial charge in [0.05, 0.1) is 18.4 Å². The highest BCUT2D eigenvalue weighted by Gasteiger charge is 2.20. The Balaban J connectivity index is 1.69. The largest absolute Gasteiger partial charge is 0.349 e. The van der Waals surface area contributed by atoms with Gasteiger partial charge in [0.1, 0.15) is 11.7 Å². The van der Waals surface area contributed by atoms with Crippen LogP contribution in [0.25, 0.3) is 5.65 Å². The van der Waals surface area contributed by atoms with Gasteiger partial charge in [-0.15, -0.1) is 0 Å². The zero-order chi connectivity index (χ0) is 16.4. The molecule has 0 saturated carbocycles. The topological polar surface area (TPSA) is 76.2 Å². The van der Waals surface area contributed by atoms with E-state index in [0.717, 1.165) is 21.4 Å². The van der Waals surface area contributed by atoms with Gasteiger partial charge in [-0.25, -0.2) is 4.98 Å². The number of aromatic nitrogens is 4. The van der Waals surface area contributed by atoms with Crippen molar-refractivity contribution in [2.75, 3.05) is 7.05 Å². The maximum Gasteiger partial charge on any atom is 0.242 e. The zero-order valence-corrected chi connectivity index (χ0v) is 14.4. The van der Waals surface area contributed by atoms with Crippen LogP contribution in [0.4, 0.5) is 0 Å². The number of fused-ring (bicyclic) bond motifs is 1. The fraction of sp³-hybridized carbons (Fsp3) is 0.267. The van der Waals surface area contributed by atoms with E-state index in [0.29, 0.717) is 6.54 Å². The van der Waals surface area contributed by atoms with Crippen molar-refractivity contribution >= 4 is 27.5 Å². The van der Waals surface area contributed by atoms with Crippen LogP contribution >= 0.6 is 15.9 Å². The van der Waals surface area contributed by atoms with Crippen LogP contribution in [0.3, 0.4) is 0 Å². The molecule has 120 valence electrons. The standard InChI is InChI=1S/C15H17BrN6O/c1-17-14(10-5-19-21(2)7-10)15(23)18-6-12-9-22-8-11(16)3-4-13(22)20-12/h3-5,7-9,14,17H,6H2,1-2H3,(H,18,23). The number of likely N-dealkylation sites (N-methyl/N-ethyl adjacent to an activating group) is 1. The summed E-state index contributed by atoms with van der Waals surface area (Å²) in [5.41, 5.74) is 2.47. The molecule has 0 aromatic carbocycles. The number of carbonyl (C=O) groups is 1. The first-order chi connectivity index (χ1) is 11.1. The molecule has 0 saturated heterocycles. The fourth-order valence-corrected chi connectivity index (χ4v) is 2.77. The number of imidazole rings is 1. The summed E-state index contributed by atoms with van der Waals surface area (Å²) in [6.07, 6.45) is 7.34. The van der Waals surface area contributed by atoms with Crippen molar-refractivity contribution < 1.29 is 4.79 Å². The van der Waals surface area contributed by atoms with E-state index in [1.807, 2.05) is 42.2 Å². The Kier molecular flexibility index (Phi) is 4.44. The molecule has 3 heterocycles. The van der Waals surface area contributed by atoms with Gasteiger partial charge in [-0.3, -0.25) is 9.48 Å². The van der Waals surface area contributed by atoms with Gasteiger partial charge in [0, 0.05) is 35.7 Å². The van der Waals surface area contributed by atoms with Gasteiger partial charge in [0.25, 0.3) is 0 Å². The van der Waals surface area contributed by atoms with E-state index in [1.165, 1.54) is 0 Å². The molecule has 3 aromatic rings. The molecule has 8 heteroatoms. The molecule has 0 spiro atoms. The molecule has 0 bridgehead atoms. The minimum Gasteiger partial charge on any atom is -0.349 e. The lowest BCUT2D eigenvalue weighted by atomic mass is 10.1. The quantitative estimate of drug-likeness (QED) is 0.705. The molecule has 3 rings (SSSR count). The van der Waals surface area contributed by atoms with Crippen molar-refractivity contribution in [3.8, 4) is 0 Å². The predicted octanol–water partition coefficient (Wildman–Crippen LogP) is 1.41. The third kappa shape index (κ3) is 3.43. The number of aryl methyl sites for hydroxylation is 1. The van der Waals surface area contributed by atoms with E-state index in [-0.39, 0.29) is 5.91 Å². The van der Waals surface area contributed by atoms with E-state index < -0.39 is 6.04 Å². The maximum absolute atomic E-state index is 12.4. The molecule has 23 heavy (non-hydrogen) atoms. The Labute approximate surface area is 141 Å². The molecule has 3 aromatic heterocycles. The van der Waals surface area contributed by atoms with Crippen LogP contribution in [0.2, 0.25) is 0 Å². The Bertz CT molecular complexity index is 839. The van der Waals surface area contributed by atoms with Gasteiger partial charge in [0.2, 0.25) is 5.91 Å². The Morgan fingerprint density at radius 2 is 2.17 bits per heavy atom. The average molecular weight is 377 g/mol. The summed E-state index contributed by atoms with van der Waals surface area (Å²) in [5, 5.41) is 10.0. The number of rotatable bonds is 5. The summed E-state index contributed by atoms with van der Waals surface area (Å²) < 4.78 is 4.57. The number of nitrogens with one attached hydrogen (secondary N) is 2. The molecule has 0 fully saturated rings. The number of amides is 1. The molecule has 1 atom stereocenters. The van der Waals surface area contributed by atoms with E-state index >= 15 is 0 Å². The summed E-state index contributed by atoms with van der Waals surface area (Å²) in [6.45, 7) is 0.372. The van der Waals surface area contributed by atoms with Crippen LogP contribution in [0.1, 0.15) is 17.3 Å². The highest BCUT2D eigenvalue weighted by Crippen LogP contribution is 2.14. The minimum atomic E-state index is -0.435. The smallest absolute Gasteiger partial charge is 0.242 e. The Hall–Kier alpha value is -2.19. The third-order valence-corrected chi connectivity index (χ3v) is 3.99. The van der Waals surface area contributed by atoms with Crippen LogP contribution < -0.4 is 10.6 Å². The highest BCUT2D eigenvalue weighted by atomic mass is 79.9. The first-order valence-corrected chi connectivity index (χ1v) is 7.93. The van der Waals surface area contributed by atoms with Gasteiger partial charge in [-0.1, -0.05) is 0 Å². The summed E-state index contributed by atoms with van der Waals surface area (Å²) in [6, 6.07) is 3.42. The van der Waals surface area contributed by atoms with Gasteiger partial charge in [0.15, 0.2) is 0 Å². The maximum atomic E-state index is 12.4. The first kappa shape index (κ1) is 15.7. The molecule has 0 aliphatic carbocycles. The van der Waals surface area contributed by atoms with Crippen molar-refractivity contribution in [1.29, 1.82) is 0 Å². The lowest BCUT2D eigenvalue weighted by Crippen LogP contribution is -2.35. The van der Waals surface area contributed by atoms with Crippen LogP contribution in [-0.2, 0) is 18.4 Å².